The molecule has 0 aliphatic rings. The van der Waals surface area contributed by atoms with E-state index in [4.69, 9.17) is 4.52 Å². The minimum Gasteiger partial charge on any atom is -0.361 e. The standard InChI is InChI=1S/C12H9F3N2O2.C4H4N2/c1-7-10(6-16-19-7)11(18)17-9-4-2-8(3-5-9)12(13,14)15;1-2-5-4-6-3-1/h2-6H,1H3,(H,17,18);1-4H. The Labute approximate surface area is 140 Å². The zero-order valence-electron chi connectivity index (χ0n) is 13.0. The molecule has 0 atom stereocenters. The predicted octanol–water partition coefficient (Wildman–Crippen LogP) is 3.73. The lowest BCUT2D eigenvalue weighted by atomic mass is 10.2. The van der Waals surface area contributed by atoms with Gasteiger partial charge in [-0.15, -0.1) is 0 Å². The highest BCUT2D eigenvalue weighted by Crippen LogP contribution is 2.29. The van der Waals surface area contributed by atoms with Crippen LogP contribution in [0.3, 0.4) is 0 Å². The molecule has 0 bridgehead atoms. The molecule has 1 amide bonds. The van der Waals surface area contributed by atoms with Gasteiger partial charge in [-0.1, -0.05) is 5.16 Å². The zero-order chi connectivity index (χ0) is 18.3. The van der Waals surface area contributed by atoms with Crippen LogP contribution in [0.4, 0.5) is 18.9 Å². The first-order valence-electron chi connectivity index (χ1n) is 6.98. The largest absolute Gasteiger partial charge is 0.416 e. The Balaban J connectivity index is 0.000000316. The number of nitrogens with one attached hydrogen (secondary N) is 1. The fourth-order valence-electron chi connectivity index (χ4n) is 1.71. The maximum atomic E-state index is 12.4. The normalized spacial score (nSPS) is 10.6. The van der Waals surface area contributed by atoms with Crippen molar-refractivity contribution in [3.05, 3.63) is 72.1 Å². The van der Waals surface area contributed by atoms with E-state index in [1.165, 1.54) is 24.7 Å². The van der Waals surface area contributed by atoms with E-state index >= 15 is 0 Å². The van der Waals surface area contributed by atoms with Gasteiger partial charge >= 0.3 is 6.18 Å². The summed E-state index contributed by atoms with van der Waals surface area (Å²) in [6.45, 7) is 1.56. The van der Waals surface area contributed by atoms with Crippen molar-refractivity contribution in [1.82, 2.24) is 15.1 Å². The van der Waals surface area contributed by atoms with Gasteiger partial charge in [0.05, 0.1) is 11.8 Å². The number of carbonyl (C=O) groups excluding carboxylic acids is 1. The van der Waals surface area contributed by atoms with Crippen molar-refractivity contribution in [2.75, 3.05) is 5.32 Å². The van der Waals surface area contributed by atoms with Crippen LogP contribution < -0.4 is 5.32 Å². The van der Waals surface area contributed by atoms with Crippen molar-refractivity contribution in [3.63, 3.8) is 0 Å². The highest BCUT2D eigenvalue weighted by Gasteiger charge is 2.30. The summed E-state index contributed by atoms with van der Waals surface area (Å²) in [6.07, 6.45) is 1.72. The zero-order valence-corrected chi connectivity index (χ0v) is 13.0. The van der Waals surface area contributed by atoms with Gasteiger partial charge in [0.1, 0.15) is 17.7 Å². The van der Waals surface area contributed by atoms with E-state index in [2.05, 4.69) is 20.4 Å². The van der Waals surface area contributed by atoms with Gasteiger partial charge in [-0.25, -0.2) is 9.97 Å². The minimum absolute atomic E-state index is 0.236. The number of halogens is 3. The van der Waals surface area contributed by atoms with E-state index in [0.717, 1.165) is 12.1 Å². The summed E-state index contributed by atoms with van der Waals surface area (Å²) in [5, 5.41) is 5.90. The van der Waals surface area contributed by atoms with E-state index in [-0.39, 0.29) is 11.3 Å². The number of hydrogen-bond donors (Lipinski definition) is 1. The topological polar surface area (TPSA) is 80.9 Å². The van der Waals surface area contributed by atoms with Crippen LogP contribution in [0.5, 0.6) is 0 Å². The lowest BCUT2D eigenvalue weighted by molar-refractivity contribution is -0.137. The number of carbonyl (C=O) groups is 1. The average Bonchev–Trinajstić information content (AvgIpc) is 3.03. The lowest BCUT2D eigenvalue weighted by Gasteiger charge is -2.08. The van der Waals surface area contributed by atoms with Crippen LogP contribution in [0.15, 0.2) is 59.8 Å². The molecule has 25 heavy (non-hydrogen) atoms. The van der Waals surface area contributed by atoms with Crippen molar-refractivity contribution >= 4 is 11.6 Å². The highest BCUT2D eigenvalue weighted by molar-refractivity contribution is 6.04. The molecule has 0 fully saturated rings. The van der Waals surface area contributed by atoms with E-state index in [1.807, 2.05) is 0 Å². The third kappa shape index (κ3) is 5.41. The monoisotopic (exact) mass is 350 g/mol. The maximum absolute atomic E-state index is 12.4. The summed E-state index contributed by atoms with van der Waals surface area (Å²) in [5.41, 5.74) is -0.273. The second kappa shape index (κ2) is 8.04. The molecular formula is C16H13F3N4O2. The van der Waals surface area contributed by atoms with Crippen LogP contribution in [-0.2, 0) is 6.18 Å². The summed E-state index contributed by atoms with van der Waals surface area (Å²) in [4.78, 5) is 19.1. The predicted molar refractivity (Wildman–Crippen MR) is 82.7 cm³/mol. The van der Waals surface area contributed by atoms with Crippen LogP contribution in [0.1, 0.15) is 21.7 Å². The van der Waals surface area contributed by atoms with Gasteiger partial charge in [-0.2, -0.15) is 13.2 Å². The Kier molecular flexibility index (Phi) is 5.83. The number of rotatable bonds is 2. The molecule has 0 aliphatic heterocycles. The number of aryl methyl sites for hydroxylation is 1. The van der Waals surface area contributed by atoms with Crippen LogP contribution in [0.25, 0.3) is 0 Å². The number of benzene rings is 1. The molecule has 1 aromatic carbocycles. The molecule has 1 N–H and O–H groups in total. The fourth-order valence-corrected chi connectivity index (χ4v) is 1.71. The molecule has 0 saturated carbocycles. The Morgan fingerprint density at radius 2 is 1.76 bits per heavy atom. The Morgan fingerprint density at radius 3 is 2.16 bits per heavy atom. The number of amides is 1. The third-order valence-corrected chi connectivity index (χ3v) is 2.94. The van der Waals surface area contributed by atoms with Crippen LogP contribution in [0, 0.1) is 6.92 Å². The fraction of sp³-hybridized carbons (Fsp3) is 0.125. The maximum Gasteiger partial charge on any atom is 0.416 e. The van der Waals surface area contributed by atoms with Gasteiger partial charge in [-0.3, -0.25) is 4.79 Å². The average molecular weight is 350 g/mol. The van der Waals surface area contributed by atoms with Crippen molar-refractivity contribution in [3.8, 4) is 0 Å². The van der Waals surface area contributed by atoms with Gasteiger partial charge in [0.25, 0.3) is 5.91 Å². The van der Waals surface area contributed by atoms with E-state index < -0.39 is 17.6 Å². The molecule has 3 aromatic rings. The van der Waals surface area contributed by atoms with Gasteiger partial charge in [-0.05, 0) is 37.3 Å². The SMILES string of the molecule is Cc1oncc1C(=O)Nc1ccc(C(F)(F)F)cc1.c1cncnc1. The number of anilines is 1. The Hall–Kier alpha value is -3.23. The second-order valence-electron chi connectivity index (χ2n) is 4.73. The first-order chi connectivity index (χ1) is 11.9. The first-order valence-corrected chi connectivity index (χ1v) is 6.98. The molecule has 0 saturated heterocycles. The highest BCUT2D eigenvalue weighted by atomic mass is 19.4. The van der Waals surface area contributed by atoms with Gasteiger partial charge in [0, 0.05) is 18.1 Å². The third-order valence-electron chi connectivity index (χ3n) is 2.94. The number of aromatic nitrogens is 3. The first kappa shape index (κ1) is 18.1. The van der Waals surface area contributed by atoms with E-state index in [9.17, 15) is 18.0 Å². The number of hydrogen-bond acceptors (Lipinski definition) is 5. The molecule has 0 unspecified atom stereocenters. The molecule has 0 spiro atoms. The Bertz CT molecular complexity index is 776. The molecule has 3 rings (SSSR count). The van der Waals surface area contributed by atoms with Gasteiger partial charge < -0.3 is 9.84 Å². The summed E-state index contributed by atoms with van der Waals surface area (Å²) in [7, 11) is 0. The van der Waals surface area contributed by atoms with Crippen molar-refractivity contribution in [1.29, 1.82) is 0 Å². The molecule has 2 aromatic heterocycles. The van der Waals surface area contributed by atoms with E-state index in [1.54, 1.807) is 25.4 Å². The molecule has 130 valence electrons. The van der Waals surface area contributed by atoms with Gasteiger partial charge in [0.15, 0.2) is 0 Å². The molecular weight excluding hydrogens is 337 g/mol. The molecule has 6 nitrogen and oxygen atoms in total. The smallest absolute Gasteiger partial charge is 0.361 e. The van der Waals surface area contributed by atoms with Crippen LogP contribution in [-0.4, -0.2) is 21.0 Å². The summed E-state index contributed by atoms with van der Waals surface area (Å²) >= 11 is 0. The quantitative estimate of drug-likeness (QED) is 0.762. The molecule has 9 heteroatoms. The van der Waals surface area contributed by atoms with E-state index in [0.29, 0.717) is 5.76 Å². The van der Waals surface area contributed by atoms with Crippen molar-refractivity contribution in [2.45, 2.75) is 13.1 Å². The lowest BCUT2D eigenvalue weighted by Crippen LogP contribution is -2.12. The summed E-state index contributed by atoms with van der Waals surface area (Å²) in [5.74, 6) is -0.150. The van der Waals surface area contributed by atoms with Gasteiger partial charge in [0.2, 0.25) is 0 Å². The van der Waals surface area contributed by atoms with Crippen LogP contribution >= 0.6 is 0 Å². The summed E-state index contributed by atoms with van der Waals surface area (Å²) < 4.78 is 41.8. The molecule has 0 aliphatic carbocycles. The van der Waals surface area contributed by atoms with Crippen LogP contribution in [0.2, 0.25) is 0 Å². The van der Waals surface area contributed by atoms with Crippen molar-refractivity contribution in [2.24, 2.45) is 0 Å². The molecule has 0 radical (unpaired) electrons. The van der Waals surface area contributed by atoms with Crippen molar-refractivity contribution < 1.29 is 22.5 Å². The number of alkyl halides is 3. The number of nitrogens with zero attached hydrogens (tertiary/aromatic N) is 3. The molecule has 2 heterocycles. The Morgan fingerprint density at radius 1 is 1.12 bits per heavy atom. The summed E-state index contributed by atoms with van der Waals surface area (Å²) in [6, 6.07) is 5.94. The minimum atomic E-state index is -4.40. The second-order valence-corrected chi connectivity index (χ2v) is 4.73.